The molecule has 1 aliphatic heterocycles. The van der Waals surface area contributed by atoms with Gasteiger partial charge in [-0.15, -0.1) is 0 Å². The second-order valence-corrected chi connectivity index (χ2v) is 11.2. The summed E-state index contributed by atoms with van der Waals surface area (Å²) in [6.45, 7) is 12.6. The summed E-state index contributed by atoms with van der Waals surface area (Å²) in [5.74, 6) is 2.54. The van der Waals surface area contributed by atoms with E-state index in [2.05, 4.69) is 46.6 Å². The van der Waals surface area contributed by atoms with Gasteiger partial charge in [-0.2, -0.15) is 0 Å². The number of fused-ring (bicyclic) bond motifs is 5. The van der Waals surface area contributed by atoms with E-state index in [1.807, 2.05) is 6.08 Å². The van der Waals surface area contributed by atoms with E-state index in [9.17, 15) is 4.79 Å². The van der Waals surface area contributed by atoms with Gasteiger partial charge in [-0.25, -0.2) is 0 Å². The number of carbonyl (C=O) groups excluding carboxylic acids is 1. The van der Waals surface area contributed by atoms with Gasteiger partial charge in [0.15, 0.2) is 5.78 Å². The molecule has 4 rings (SSSR count). The topological polar surface area (TPSA) is 29.5 Å². The molecule has 0 unspecified atom stereocenters. The highest BCUT2D eigenvalue weighted by atomic mass is 16.5. The Balaban J connectivity index is 1.62. The predicted octanol–water partition coefficient (Wildman–Crippen LogP) is 4.81. The fourth-order valence-electron chi connectivity index (χ4n) is 7.15. The molecule has 1 saturated heterocycles. The third kappa shape index (κ3) is 2.85. The molecule has 0 spiro atoms. The van der Waals surface area contributed by atoms with Crippen LogP contribution < -0.4 is 0 Å². The first-order valence-electron chi connectivity index (χ1n) is 10.7. The Hall–Kier alpha value is -0.830. The van der Waals surface area contributed by atoms with Crippen molar-refractivity contribution in [1.82, 2.24) is 4.90 Å². The van der Waals surface area contributed by atoms with Crippen LogP contribution in [0, 0.1) is 28.6 Å². The van der Waals surface area contributed by atoms with Crippen molar-refractivity contribution in [2.45, 2.75) is 84.8 Å². The maximum atomic E-state index is 12.1. The predicted molar refractivity (Wildman–Crippen MR) is 105 cm³/mol. The highest BCUT2D eigenvalue weighted by Gasteiger charge is 2.59. The third-order valence-corrected chi connectivity index (χ3v) is 8.17. The smallest absolute Gasteiger partial charge is 0.157 e. The van der Waals surface area contributed by atoms with Gasteiger partial charge in [0, 0.05) is 37.2 Å². The Morgan fingerprint density at radius 1 is 1.19 bits per heavy atom. The Morgan fingerprint density at radius 2 is 1.92 bits per heavy atom. The zero-order valence-electron chi connectivity index (χ0n) is 17.6. The van der Waals surface area contributed by atoms with Crippen molar-refractivity contribution in [2.75, 3.05) is 13.6 Å². The Labute approximate surface area is 159 Å². The number of ether oxygens (including phenoxy) is 1. The average molecular weight is 360 g/mol. The summed E-state index contributed by atoms with van der Waals surface area (Å²) in [5.41, 5.74) is 1.89. The van der Waals surface area contributed by atoms with E-state index >= 15 is 0 Å². The lowest BCUT2D eigenvalue weighted by Gasteiger charge is -2.59. The van der Waals surface area contributed by atoms with Crippen molar-refractivity contribution in [3.8, 4) is 0 Å². The molecule has 4 aliphatic rings. The molecular formula is C23H37NO2. The van der Waals surface area contributed by atoms with Gasteiger partial charge in [0.05, 0.1) is 11.7 Å². The van der Waals surface area contributed by atoms with Crippen LogP contribution in [0.1, 0.15) is 73.1 Å². The highest BCUT2D eigenvalue weighted by Crippen LogP contribution is 2.64. The van der Waals surface area contributed by atoms with Crippen molar-refractivity contribution in [2.24, 2.45) is 28.6 Å². The molecule has 2 saturated carbocycles. The molecule has 3 heteroatoms. The van der Waals surface area contributed by atoms with Gasteiger partial charge >= 0.3 is 0 Å². The first-order chi connectivity index (χ1) is 12.0. The number of piperidine rings is 1. The van der Waals surface area contributed by atoms with Gasteiger partial charge in [0.25, 0.3) is 0 Å². The minimum Gasteiger partial charge on any atom is -0.377 e. The van der Waals surface area contributed by atoms with E-state index in [4.69, 9.17) is 4.74 Å². The number of nitrogens with zero attached hydrogens (tertiary/aromatic N) is 1. The maximum absolute atomic E-state index is 12.1. The van der Waals surface area contributed by atoms with Crippen LogP contribution in [0.4, 0.5) is 0 Å². The normalized spacial score (nSPS) is 45.7. The van der Waals surface area contributed by atoms with E-state index < -0.39 is 0 Å². The molecule has 0 N–H and O–H groups in total. The molecule has 26 heavy (non-hydrogen) atoms. The molecule has 0 aromatic heterocycles. The summed E-state index contributed by atoms with van der Waals surface area (Å²) in [5, 5.41) is 0. The number of carbonyl (C=O) groups is 1. The van der Waals surface area contributed by atoms with E-state index in [0.29, 0.717) is 17.3 Å². The van der Waals surface area contributed by atoms with E-state index in [0.717, 1.165) is 37.1 Å². The Kier molecular flexibility index (Phi) is 4.16. The average Bonchev–Trinajstić information content (AvgIpc) is 2.83. The van der Waals surface area contributed by atoms with Crippen LogP contribution in [0.3, 0.4) is 0 Å². The molecular weight excluding hydrogens is 322 g/mol. The van der Waals surface area contributed by atoms with Crippen LogP contribution in [0.15, 0.2) is 11.8 Å². The number of hydrogen-bond acceptors (Lipinski definition) is 3. The highest BCUT2D eigenvalue weighted by molar-refractivity contribution is 5.91. The number of hydrogen-bond donors (Lipinski definition) is 0. The summed E-state index contributed by atoms with van der Waals surface area (Å²) in [7, 11) is 2.21. The zero-order chi connectivity index (χ0) is 18.9. The van der Waals surface area contributed by atoms with E-state index in [1.165, 1.54) is 31.4 Å². The Morgan fingerprint density at radius 3 is 2.62 bits per heavy atom. The molecule has 3 fully saturated rings. The number of likely N-dealkylation sites (tertiary alicyclic amines) is 1. The minimum absolute atomic E-state index is 0.0527. The monoisotopic (exact) mass is 359 g/mol. The van der Waals surface area contributed by atoms with Gasteiger partial charge in [0.2, 0.25) is 0 Å². The molecule has 0 amide bonds. The lowest BCUT2D eigenvalue weighted by Crippen LogP contribution is -2.56. The fraction of sp³-hybridized carbons (Fsp3) is 0.870. The first-order valence-corrected chi connectivity index (χ1v) is 10.7. The van der Waals surface area contributed by atoms with Gasteiger partial charge in [-0.3, -0.25) is 4.79 Å². The van der Waals surface area contributed by atoms with Gasteiger partial charge in [-0.1, -0.05) is 13.8 Å². The third-order valence-electron chi connectivity index (χ3n) is 8.17. The number of rotatable bonds is 1. The second kappa shape index (κ2) is 5.83. The van der Waals surface area contributed by atoms with Crippen LogP contribution in [0.5, 0.6) is 0 Å². The zero-order valence-corrected chi connectivity index (χ0v) is 17.6. The molecule has 6 atom stereocenters. The molecule has 146 valence electrons. The maximum Gasteiger partial charge on any atom is 0.157 e. The first kappa shape index (κ1) is 18.5. The minimum atomic E-state index is -0.0527. The SMILES string of the molecule is CN1C[C@H]2[C@@H]3C[C@H](OC(C)(C)C)C[C@@]3(C)CC[C@@H]2[C@@]2(C)CCC(=O)C=C12. The van der Waals surface area contributed by atoms with Gasteiger partial charge < -0.3 is 9.64 Å². The summed E-state index contributed by atoms with van der Waals surface area (Å²) < 4.78 is 6.44. The molecule has 0 radical (unpaired) electrons. The van der Waals surface area contributed by atoms with Crippen LogP contribution in [0.2, 0.25) is 0 Å². The molecule has 3 nitrogen and oxygen atoms in total. The van der Waals surface area contributed by atoms with Crippen molar-refractivity contribution in [3.05, 3.63) is 11.8 Å². The largest absolute Gasteiger partial charge is 0.377 e. The molecule has 0 aromatic rings. The summed E-state index contributed by atoms with van der Waals surface area (Å²) in [6.07, 6.45) is 9.22. The van der Waals surface area contributed by atoms with Crippen molar-refractivity contribution >= 4 is 5.78 Å². The van der Waals surface area contributed by atoms with Crippen LogP contribution in [0.25, 0.3) is 0 Å². The molecule has 0 aromatic carbocycles. The molecule has 3 aliphatic carbocycles. The second-order valence-electron chi connectivity index (χ2n) is 11.2. The standard InChI is InChI=1S/C23H37NO2/c1-21(2,3)26-16-12-19-17-14-24(6)20-11-15(25)7-10-23(20,5)18(17)8-9-22(19,4)13-16/h11,16-19H,7-10,12-14H2,1-6H3/t16-,17+,18-,19-,22+,23+/m0/s1. The summed E-state index contributed by atoms with van der Waals surface area (Å²) >= 11 is 0. The van der Waals surface area contributed by atoms with Crippen LogP contribution in [-0.4, -0.2) is 36.0 Å². The lowest BCUT2D eigenvalue weighted by atomic mass is 9.50. The summed E-state index contributed by atoms with van der Waals surface area (Å²) in [4.78, 5) is 14.5. The number of allylic oxidation sites excluding steroid dienone is 2. The van der Waals surface area contributed by atoms with Crippen LogP contribution >= 0.6 is 0 Å². The van der Waals surface area contributed by atoms with Crippen LogP contribution in [-0.2, 0) is 9.53 Å². The fourth-order valence-corrected chi connectivity index (χ4v) is 7.15. The summed E-state index contributed by atoms with van der Waals surface area (Å²) in [6, 6.07) is 0. The molecule has 1 heterocycles. The quantitative estimate of drug-likeness (QED) is 0.673. The Bertz CT molecular complexity index is 633. The van der Waals surface area contributed by atoms with E-state index in [1.54, 1.807) is 0 Å². The molecule has 0 bridgehead atoms. The van der Waals surface area contributed by atoms with Gasteiger partial charge in [0.1, 0.15) is 0 Å². The number of ketones is 1. The lowest BCUT2D eigenvalue weighted by molar-refractivity contribution is -0.118. The van der Waals surface area contributed by atoms with Gasteiger partial charge in [-0.05, 0) is 76.0 Å². The van der Waals surface area contributed by atoms with Crippen molar-refractivity contribution in [3.63, 3.8) is 0 Å². The van der Waals surface area contributed by atoms with Crippen molar-refractivity contribution in [1.29, 1.82) is 0 Å². The van der Waals surface area contributed by atoms with Crippen molar-refractivity contribution < 1.29 is 9.53 Å². The van der Waals surface area contributed by atoms with E-state index in [-0.39, 0.29) is 11.0 Å².